The number of rotatable bonds is 5. The second-order valence-corrected chi connectivity index (χ2v) is 9.81. The highest BCUT2D eigenvalue weighted by atomic mass is 32.2. The van der Waals surface area contributed by atoms with Crippen molar-refractivity contribution in [3.63, 3.8) is 0 Å². The molecule has 0 bridgehead atoms. The van der Waals surface area contributed by atoms with Crippen molar-refractivity contribution in [1.82, 2.24) is 14.5 Å². The van der Waals surface area contributed by atoms with Crippen LogP contribution in [0.4, 0.5) is 5.13 Å². The molecular formula is C14H18N4O3S3. The molecule has 0 aliphatic carbocycles. The Morgan fingerprint density at radius 1 is 1.38 bits per heavy atom. The van der Waals surface area contributed by atoms with E-state index in [0.29, 0.717) is 19.0 Å². The van der Waals surface area contributed by atoms with Gasteiger partial charge in [-0.2, -0.15) is 4.31 Å². The normalized spacial score (nSPS) is 17.0. The van der Waals surface area contributed by atoms with E-state index < -0.39 is 10.0 Å². The Labute approximate surface area is 148 Å². The highest BCUT2D eigenvalue weighted by Crippen LogP contribution is 2.29. The molecule has 1 aliphatic heterocycles. The number of piperidine rings is 1. The minimum atomic E-state index is -3.63. The molecule has 1 fully saturated rings. The molecule has 2 aromatic rings. The zero-order chi connectivity index (χ0) is 17.2. The van der Waals surface area contributed by atoms with Gasteiger partial charge in [-0.1, -0.05) is 17.4 Å². The van der Waals surface area contributed by atoms with E-state index in [1.165, 1.54) is 16.1 Å². The summed E-state index contributed by atoms with van der Waals surface area (Å²) in [5.41, 5.74) is 0. The van der Waals surface area contributed by atoms with Gasteiger partial charge >= 0.3 is 0 Å². The molecule has 1 saturated heterocycles. The molecule has 130 valence electrons. The molecule has 1 N–H and O–H groups in total. The van der Waals surface area contributed by atoms with E-state index in [4.69, 9.17) is 0 Å². The molecule has 7 nitrogen and oxygen atoms in total. The smallest absolute Gasteiger partial charge is 0.272 e. The average molecular weight is 387 g/mol. The van der Waals surface area contributed by atoms with Crippen LogP contribution < -0.4 is 5.32 Å². The molecule has 3 rings (SSSR count). The van der Waals surface area contributed by atoms with Crippen molar-refractivity contribution in [2.24, 2.45) is 5.92 Å². The third-order valence-electron chi connectivity index (χ3n) is 3.89. The van der Waals surface area contributed by atoms with E-state index in [2.05, 4.69) is 27.0 Å². The number of hydrogen-bond acceptors (Lipinski definition) is 7. The number of aromatic nitrogens is 2. The van der Waals surface area contributed by atoms with Gasteiger partial charge in [0.15, 0.2) is 0 Å². The molecule has 10 heteroatoms. The fourth-order valence-corrected chi connectivity index (χ4v) is 6.07. The maximum Gasteiger partial charge on any atom is 0.272 e. The van der Waals surface area contributed by atoms with E-state index in [1.54, 1.807) is 11.3 Å². The molecule has 1 amide bonds. The van der Waals surface area contributed by atoms with Crippen molar-refractivity contribution < 1.29 is 13.2 Å². The quantitative estimate of drug-likeness (QED) is 0.795. The molecule has 2 aromatic heterocycles. The second kappa shape index (κ2) is 7.26. The first-order chi connectivity index (χ1) is 11.4. The number of nitrogens with zero attached hydrogens (tertiary/aromatic N) is 3. The zero-order valence-corrected chi connectivity index (χ0v) is 15.6. The van der Waals surface area contributed by atoms with E-state index >= 15 is 0 Å². The van der Waals surface area contributed by atoms with Gasteiger partial charge in [0.2, 0.25) is 15.4 Å². The van der Waals surface area contributed by atoms with Crippen LogP contribution in [0.5, 0.6) is 0 Å². The van der Waals surface area contributed by atoms with Crippen LogP contribution >= 0.6 is 22.7 Å². The number of nitrogens with one attached hydrogen (secondary N) is 1. The van der Waals surface area contributed by atoms with Crippen LogP contribution in [0.15, 0.2) is 21.9 Å². The van der Waals surface area contributed by atoms with Crippen LogP contribution in [0.3, 0.4) is 0 Å². The second-order valence-electron chi connectivity index (χ2n) is 5.69. The third-order valence-corrected chi connectivity index (χ3v) is 7.88. The molecule has 0 atom stereocenters. The van der Waals surface area contributed by atoms with Crippen LogP contribution in [-0.4, -0.2) is 41.9 Å². The summed E-state index contributed by atoms with van der Waals surface area (Å²) in [4.78, 5) is 12.4. The summed E-state index contributed by atoms with van der Waals surface area (Å²) in [5.74, 6) is 0.212. The van der Waals surface area contributed by atoms with Crippen LogP contribution in [0.1, 0.15) is 24.6 Å². The zero-order valence-electron chi connectivity index (χ0n) is 13.1. The molecule has 1 aliphatic rings. The predicted molar refractivity (Wildman–Crippen MR) is 93.7 cm³/mol. The summed E-state index contributed by atoms with van der Waals surface area (Å²) in [5, 5.41) is 12.2. The van der Waals surface area contributed by atoms with Crippen LogP contribution in [0.25, 0.3) is 0 Å². The topological polar surface area (TPSA) is 92.3 Å². The van der Waals surface area contributed by atoms with Gasteiger partial charge in [0.25, 0.3) is 10.0 Å². The van der Waals surface area contributed by atoms with Crippen molar-refractivity contribution in [3.05, 3.63) is 22.4 Å². The lowest BCUT2D eigenvalue weighted by atomic mass is 9.94. The Morgan fingerprint density at radius 2 is 2.12 bits per heavy atom. The van der Waals surface area contributed by atoms with Crippen molar-refractivity contribution in [1.29, 1.82) is 0 Å². The van der Waals surface area contributed by atoms with E-state index in [0.717, 1.165) is 30.6 Å². The van der Waals surface area contributed by atoms with Crippen LogP contribution in [0.2, 0.25) is 0 Å². The number of carbonyl (C=O) groups excluding carboxylic acids is 1. The Morgan fingerprint density at radius 3 is 2.75 bits per heavy atom. The number of anilines is 1. The van der Waals surface area contributed by atoms with Gasteiger partial charge in [-0.25, -0.2) is 8.42 Å². The summed E-state index contributed by atoms with van der Waals surface area (Å²) in [6.45, 7) is 2.33. The first kappa shape index (κ1) is 17.5. The van der Waals surface area contributed by atoms with Gasteiger partial charge in [0.1, 0.15) is 0 Å². The number of sulfonamides is 1. The third kappa shape index (κ3) is 4.00. The van der Waals surface area contributed by atoms with Crippen molar-refractivity contribution in [2.45, 2.75) is 30.5 Å². The van der Waals surface area contributed by atoms with Crippen LogP contribution in [0, 0.1) is 5.92 Å². The van der Waals surface area contributed by atoms with Gasteiger partial charge in [0.05, 0.1) is 0 Å². The van der Waals surface area contributed by atoms with Crippen molar-refractivity contribution >= 4 is 43.7 Å². The van der Waals surface area contributed by atoms with Crippen molar-refractivity contribution in [2.75, 3.05) is 18.4 Å². The average Bonchev–Trinajstić information content (AvgIpc) is 3.19. The summed E-state index contributed by atoms with van der Waals surface area (Å²) in [6.07, 6.45) is 2.69. The summed E-state index contributed by atoms with van der Waals surface area (Å²) in [6, 6.07) is 4.17. The fraction of sp³-hybridized carbons (Fsp3) is 0.500. The number of thiophene rings is 1. The minimum absolute atomic E-state index is 0.0667. The SMILES string of the molecule is CC(=O)Nc1nnc(S(=O)(=O)N2CCC(Cc3cccs3)CC2)s1. The molecule has 0 radical (unpaired) electrons. The highest BCUT2D eigenvalue weighted by molar-refractivity contribution is 7.91. The minimum Gasteiger partial charge on any atom is -0.301 e. The monoisotopic (exact) mass is 386 g/mol. The fourth-order valence-electron chi connectivity index (χ4n) is 2.69. The van der Waals surface area contributed by atoms with Gasteiger partial charge in [0, 0.05) is 24.9 Å². The molecule has 0 saturated carbocycles. The first-order valence-corrected chi connectivity index (χ1v) is 10.7. The maximum atomic E-state index is 12.6. The van der Waals surface area contributed by atoms with Gasteiger partial charge < -0.3 is 5.32 Å². The lowest BCUT2D eigenvalue weighted by Crippen LogP contribution is -2.38. The molecule has 0 spiro atoms. The first-order valence-electron chi connectivity index (χ1n) is 7.59. The lowest BCUT2D eigenvalue weighted by Gasteiger charge is -2.30. The predicted octanol–water partition coefficient (Wildman–Crippen LogP) is 2.20. The van der Waals surface area contributed by atoms with Crippen molar-refractivity contribution in [3.8, 4) is 0 Å². The van der Waals surface area contributed by atoms with Gasteiger partial charge in [-0.3, -0.25) is 4.79 Å². The molecule has 24 heavy (non-hydrogen) atoms. The number of hydrogen-bond donors (Lipinski definition) is 1. The largest absolute Gasteiger partial charge is 0.301 e. The number of amides is 1. The lowest BCUT2D eigenvalue weighted by molar-refractivity contribution is -0.114. The highest BCUT2D eigenvalue weighted by Gasteiger charge is 2.32. The molecule has 0 aromatic carbocycles. The molecule has 3 heterocycles. The summed E-state index contributed by atoms with van der Waals surface area (Å²) >= 11 is 2.63. The van der Waals surface area contributed by atoms with E-state index in [1.807, 2.05) is 6.07 Å². The Balaban J connectivity index is 1.62. The van der Waals surface area contributed by atoms with E-state index in [-0.39, 0.29) is 15.4 Å². The number of carbonyl (C=O) groups is 1. The van der Waals surface area contributed by atoms with Crippen LogP contribution in [-0.2, 0) is 21.2 Å². The van der Waals surface area contributed by atoms with Gasteiger partial charge in [-0.15, -0.1) is 21.5 Å². The Kier molecular flexibility index (Phi) is 5.28. The summed E-state index contributed by atoms with van der Waals surface area (Å²) in [7, 11) is -3.63. The summed E-state index contributed by atoms with van der Waals surface area (Å²) < 4.78 is 26.7. The Bertz CT molecular complexity index is 793. The van der Waals surface area contributed by atoms with E-state index in [9.17, 15) is 13.2 Å². The molecular weight excluding hydrogens is 368 g/mol. The molecule has 0 unspecified atom stereocenters. The maximum absolute atomic E-state index is 12.6. The van der Waals surface area contributed by atoms with Gasteiger partial charge in [-0.05, 0) is 36.6 Å². The Hall–Kier alpha value is -1.36. The standard InChI is InChI=1S/C14H18N4O3S3/c1-10(19)15-13-16-17-14(23-13)24(20,21)18-6-4-11(5-7-18)9-12-3-2-8-22-12/h2-3,8,11H,4-7,9H2,1H3,(H,15,16,19).